The first-order chi connectivity index (χ1) is 12.9. The molecule has 140 valence electrons. The van der Waals surface area contributed by atoms with Crippen molar-refractivity contribution < 1.29 is 4.79 Å². The largest absolute Gasteiger partial charge is 0.323 e. The summed E-state index contributed by atoms with van der Waals surface area (Å²) in [6.07, 6.45) is 3.40. The number of carbonyl (C=O) groups is 1. The minimum atomic E-state index is -0.461. The monoisotopic (exact) mass is 441 g/mol. The van der Waals surface area contributed by atoms with Gasteiger partial charge in [-0.05, 0) is 31.2 Å². The van der Waals surface area contributed by atoms with Gasteiger partial charge in [0.25, 0.3) is 0 Å². The van der Waals surface area contributed by atoms with Crippen molar-refractivity contribution in [1.29, 1.82) is 0 Å². The average Bonchev–Trinajstić information content (AvgIpc) is 2.99. The SMILES string of the molecule is CC(Sc1nnc(-c2cccnc2)n1C)C(=O)Nc1c(Cl)cc(Cl)cc1Cl. The molecule has 2 heterocycles. The highest BCUT2D eigenvalue weighted by Gasteiger charge is 2.21. The summed E-state index contributed by atoms with van der Waals surface area (Å²) >= 11 is 19.4. The summed E-state index contributed by atoms with van der Waals surface area (Å²) in [6.45, 7) is 1.76. The number of hydrogen-bond acceptors (Lipinski definition) is 5. The van der Waals surface area contributed by atoms with E-state index < -0.39 is 5.25 Å². The zero-order valence-corrected chi connectivity index (χ0v) is 17.4. The molecule has 10 heteroatoms. The van der Waals surface area contributed by atoms with E-state index in [4.69, 9.17) is 34.8 Å². The predicted octanol–water partition coefficient (Wildman–Crippen LogP) is 4.96. The van der Waals surface area contributed by atoms with Crippen molar-refractivity contribution in [2.24, 2.45) is 7.05 Å². The van der Waals surface area contributed by atoms with E-state index in [2.05, 4.69) is 20.5 Å². The molecule has 1 unspecified atom stereocenters. The number of pyridine rings is 1. The van der Waals surface area contributed by atoms with Crippen LogP contribution in [0.3, 0.4) is 0 Å². The smallest absolute Gasteiger partial charge is 0.237 e. The number of rotatable bonds is 5. The van der Waals surface area contributed by atoms with Crippen molar-refractivity contribution in [3.63, 3.8) is 0 Å². The van der Waals surface area contributed by atoms with Crippen LogP contribution in [0, 0.1) is 0 Å². The quantitative estimate of drug-likeness (QED) is 0.566. The van der Waals surface area contributed by atoms with E-state index in [1.807, 2.05) is 23.7 Å². The van der Waals surface area contributed by atoms with E-state index >= 15 is 0 Å². The van der Waals surface area contributed by atoms with Crippen molar-refractivity contribution in [3.05, 3.63) is 51.7 Å². The van der Waals surface area contributed by atoms with Gasteiger partial charge in [0, 0.05) is 30.0 Å². The first kappa shape index (κ1) is 19.9. The average molecular weight is 443 g/mol. The molecule has 0 bridgehead atoms. The molecule has 0 aliphatic rings. The molecule has 0 fully saturated rings. The van der Waals surface area contributed by atoms with Crippen molar-refractivity contribution in [3.8, 4) is 11.4 Å². The van der Waals surface area contributed by atoms with Gasteiger partial charge in [0.05, 0.1) is 21.0 Å². The van der Waals surface area contributed by atoms with Crippen LogP contribution < -0.4 is 5.32 Å². The van der Waals surface area contributed by atoms with E-state index in [-0.39, 0.29) is 16.0 Å². The predicted molar refractivity (Wildman–Crippen MR) is 110 cm³/mol. The molecule has 27 heavy (non-hydrogen) atoms. The van der Waals surface area contributed by atoms with Gasteiger partial charge in [0.15, 0.2) is 11.0 Å². The van der Waals surface area contributed by atoms with Crippen LogP contribution in [0.5, 0.6) is 0 Å². The summed E-state index contributed by atoms with van der Waals surface area (Å²) in [6, 6.07) is 6.76. The van der Waals surface area contributed by atoms with Crippen molar-refractivity contribution in [2.75, 3.05) is 5.32 Å². The Morgan fingerprint density at radius 2 is 1.93 bits per heavy atom. The second-order valence-corrected chi connectivity index (χ2v) is 8.16. The van der Waals surface area contributed by atoms with Gasteiger partial charge in [0.1, 0.15) is 0 Å². The van der Waals surface area contributed by atoms with Gasteiger partial charge < -0.3 is 9.88 Å². The van der Waals surface area contributed by atoms with E-state index in [0.29, 0.717) is 21.7 Å². The molecule has 0 radical (unpaired) electrons. The summed E-state index contributed by atoms with van der Waals surface area (Å²) in [5.74, 6) is 0.402. The zero-order valence-electron chi connectivity index (χ0n) is 14.3. The standard InChI is InChI=1S/C17H14Cl3N5OS/c1-9(16(26)22-14-12(19)6-11(18)7-13(14)20)27-17-24-23-15(25(17)2)10-4-3-5-21-8-10/h3-9H,1-2H3,(H,22,26). The minimum absolute atomic E-state index is 0.267. The van der Waals surface area contributed by atoms with Crippen LogP contribution in [0.2, 0.25) is 15.1 Å². The number of nitrogens with zero attached hydrogens (tertiary/aromatic N) is 4. The summed E-state index contributed by atoms with van der Waals surface area (Å²) < 4.78 is 1.81. The molecule has 3 rings (SSSR count). The molecule has 0 spiro atoms. The summed E-state index contributed by atoms with van der Waals surface area (Å²) in [5.41, 5.74) is 1.17. The number of halogens is 3. The van der Waals surface area contributed by atoms with Crippen molar-refractivity contribution >= 4 is 58.2 Å². The number of hydrogen-bond donors (Lipinski definition) is 1. The topological polar surface area (TPSA) is 72.7 Å². The minimum Gasteiger partial charge on any atom is -0.323 e. The Morgan fingerprint density at radius 3 is 2.56 bits per heavy atom. The summed E-state index contributed by atoms with van der Waals surface area (Å²) in [5, 5.41) is 12.2. The fourth-order valence-corrected chi connectivity index (χ4v) is 3.99. The van der Waals surface area contributed by atoms with E-state index in [9.17, 15) is 4.79 Å². The molecule has 1 aromatic carbocycles. The number of thioether (sulfide) groups is 1. The van der Waals surface area contributed by atoms with Crippen LogP contribution >= 0.6 is 46.6 Å². The van der Waals surface area contributed by atoms with Gasteiger partial charge in [-0.3, -0.25) is 9.78 Å². The maximum atomic E-state index is 12.5. The van der Waals surface area contributed by atoms with Crippen LogP contribution in [-0.4, -0.2) is 30.9 Å². The number of benzene rings is 1. The van der Waals surface area contributed by atoms with Gasteiger partial charge in [0.2, 0.25) is 5.91 Å². The Hall–Kier alpha value is -1.80. The third-order valence-electron chi connectivity index (χ3n) is 3.66. The van der Waals surface area contributed by atoms with Gasteiger partial charge in [-0.25, -0.2) is 0 Å². The van der Waals surface area contributed by atoms with Crippen molar-refractivity contribution in [1.82, 2.24) is 19.7 Å². The molecule has 0 aliphatic carbocycles. The Kier molecular flexibility index (Phi) is 6.26. The number of carbonyl (C=O) groups excluding carboxylic acids is 1. The number of anilines is 1. The Balaban J connectivity index is 1.73. The number of amides is 1. The molecule has 1 amide bonds. The van der Waals surface area contributed by atoms with E-state index in [1.54, 1.807) is 19.3 Å². The maximum Gasteiger partial charge on any atom is 0.237 e. The molecular formula is C17H14Cl3N5OS. The molecule has 2 aromatic heterocycles. The van der Waals surface area contributed by atoms with Gasteiger partial charge in [-0.1, -0.05) is 46.6 Å². The Morgan fingerprint density at radius 1 is 1.22 bits per heavy atom. The Labute approximate surface area is 175 Å². The first-order valence-corrected chi connectivity index (χ1v) is 9.80. The molecule has 0 aliphatic heterocycles. The number of aromatic nitrogens is 4. The van der Waals surface area contributed by atoms with Gasteiger partial charge in [-0.15, -0.1) is 10.2 Å². The molecule has 3 aromatic rings. The fourth-order valence-electron chi connectivity index (χ4n) is 2.26. The van der Waals surface area contributed by atoms with Crippen molar-refractivity contribution in [2.45, 2.75) is 17.3 Å². The Bertz CT molecular complexity index is 957. The van der Waals surface area contributed by atoms with Crippen LogP contribution in [0.15, 0.2) is 41.8 Å². The normalized spacial score (nSPS) is 12.0. The fraction of sp³-hybridized carbons (Fsp3) is 0.176. The van der Waals surface area contributed by atoms with Crippen LogP contribution in [-0.2, 0) is 11.8 Å². The third-order valence-corrected chi connectivity index (χ3v) is 5.61. The lowest BCUT2D eigenvalue weighted by Gasteiger charge is -2.14. The molecule has 0 saturated heterocycles. The molecule has 6 nitrogen and oxygen atoms in total. The highest BCUT2D eigenvalue weighted by atomic mass is 35.5. The second kappa shape index (κ2) is 8.48. The summed E-state index contributed by atoms with van der Waals surface area (Å²) in [4.78, 5) is 16.6. The highest BCUT2D eigenvalue weighted by Crippen LogP contribution is 2.34. The lowest BCUT2D eigenvalue weighted by Crippen LogP contribution is -2.23. The lowest BCUT2D eigenvalue weighted by molar-refractivity contribution is -0.115. The van der Waals surface area contributed by atoms with E-state index in [0.717, 1.165) is 5.56 Å². The van der Waals surface area contributed by atoms with Gasteiger partial charge >= 0.3 is 0 Å². The molecule has 1 N–H and O–H groups in total. The maximum absolute atomic E-state index is 12.5. The molecule has 1 atom stereocenters. The highest BCUT2D eigenvalue weighted by molar-refractivity contribution is 8.00. The van der Waals surface area contributed by atoms with Crippen LogP contribution in [0.4, 0.5) is 5.69 Å². The second-order valence-electron chi connectivity index (χ2n) is 5.60. The molecular weight excluding hydrogens is 429 g/mol. The number of nitrogens with one attached hydrogen (secondary N) is 1. The molecule has 0 saturated carbocycles. The third kappa shape index (κ3) is 4.55. The first-order valence-electron chi connectivity index (χ1n) is 7.78. The zero-order chi connectivity index (χ0) is 19.6. The van der Waals surface area contributed by atoms with Crippen LogP contribution in [0.1, 0.15) is 6.92 Å². The lowest BCUT2D eigenvalue weighted by atomic mass is 10.3. The van der Waals surface area contributed by atoms with E-state index in [1.165, 1.54) is 23.9 Å². The van der Waals surface area contributed by atoms with Crippen LogP contribution in [0.25, 0.3) is 11.4 Å². The summed E-state index contributed by atoms with van der Waals surface area (Å²) in [7, 11) is 1.84. The van der Waals surface area contributed by atoms with Gasteiger partial charge in [-0.2, -0.15) is 0 Å².